The molecule has 1 aromatic carbocycles. The summed E-state index contributed by atoms with van der Waals surface area (Å²) in [5.41, 5.74) is 0.864. The Morgan fingerprint density at radius 3 is 2.74 bits per heavy atom. The van der Waals surface area contributed by atoms with Crippen LogP contribution in [0.5, 0.6) is 5.75 Å². The normalized spacial score (nSPS) is 17.0. The van der Waals surface area contributed by atoms with Crippen molar-refractivity contribution < 1.29 is 9.53 Å². The van der Waals surface area contributed by atoms with Crippen molar-refractivity contribution in [1.29, 1.82) is 5.26 Å². The van der Waals surface area contributed by atoms with Crippen molar-refractivity contribution in [2.45, 2.75) is 56.1 Å². The molecule has 2 aliphatic rings. The first-order valence-electron chi connectivity index (χ1n) is 11.5. The molecule has 1 unspecified atom stereocenters. The van der Waals surface area contributed by atoms with Gasteiger partial charge in [-0.15, -0.1) is 11.3 Å². The molecule has 7 nitrogen and oxygen atoms in total. The topological polar surface area (TPSA) is 97.0 Å². The number of nitriles is 1. The van der Waals surface area contributed by atoms with E-state index in [2.05, 4.69) is 11.4 Å². The largest absolute Gasteiger partial charge is 0.497 e. The highest BCUT2D eigenvalue weighted by Crippen LogP contribution is 2.39. The van der Waals surface area contributed by atoms with Gasteiger partial charge in [-0.1, -0.05) is 11.8 Å². The SMILES string of the molecule is COc1ccc(-n2c(SCC(=O)NC(C)(C#N)C3CC3)nc3sc4c(c3c2=O)CCCC4)cc1. The molecule has 1 N–H and O–H groups in total. The lowest BCUT2D eigenvalue weighted by Gasteiger charge is -2.22. The van der Waals surface area contributed by atoms with E-state index in [1.54, 1.807) is 29.9 Å². The van der Waals surface area contributed by atoms with Crippen LogP contribution < -0.4 is 15.6 Å². The zero-order valence-corrected chi connectivity index (χ0v) is 20.9. The van der Waals surface area contributed by atoms with E-state index in [9.17, 15) is 14.9 Å². The first kappa shape index (κ1) is 22.9. The lowest BCUT2D eigenvalue weighted by atomic mass is 9.97. The van der Waals surface area contributed by atoms with Crippen LogP contribution in [0, 0.1) is 17.2 Å². The number of hydrogen-bond donors (Lipinski definition) is 1. The molecule has 0 bridgehead atoms. The molecule has 0 spiro atoms. The molecular weight excluding hydrogens is 468 g/mol. The number of amides is 1. The molecule has 0 radical (unpaired) electrons. The summed E-state index contributed by atoms with van der Waals surface area (Å²) in [5, 5.41) is 13.6. The molecule has 2 aliphatic carbocycles. The lowest BCUT2D eigenvalue weighted by molar-refractivity contribution is -0.119. The van der Waals surface area contributed by atoms with E-state index in [1.165, 1.54) is 16.6 Å². The van der Waals surface area contributed by atoms with Crippen molar-refractivity contribution in [3.05, 3.63) is 45.1 Å². The number of carbonyl (C=O) groups is 1. The van der Waals surface area contributed by atoms with Crippen molar-refractivity contribution in [1.82, 2.24) is 14.9 Å². The lowest BCUT2D eigenvalue weighted by Crippen LogP contribution is -2.47. The van der Waals surface area contributed by atoms with E-state index in [1.807, 2.05) is 24.3 Å². The van der Waals surface area contributed by atoms with Gasteiger partial charge in [0.25, 0.3) is 5.56 Å². The van der Waals surface area contributed by atoms with E-state index in [0.29, 0.717) is 22.0 Å². The molecule has 176 valence electrons. The zero-order valence-electron chi connectivity index (χ0n) is 19.2. The van der Waals surface area contributed by atoms with Crippen molar-refractivity contribution in [3.8, 4) is 17.5 Å². The number of nitrogens with one attached hydrogen (secondary N) is 1. The van der Waals surface area contributed by atoms with Gasteiger partial charge in [0.2, 0.25) is 5.91 Å². The summed E-state index contributed by atoms with van der Waals surface area (Å²) >= 11 is 2.82. The Labute approximate surface area is 206 Å². The zero-order chi connectivity index (χ0) is 23.9. The van der Waals surface area contributed by atoms with Gasteiger partial charge in [-0.05, 0) is 81.2 Å². The number of rotatable bonds is 7. The minimum atomic E-state index is -0.850. The van der Waals surface area contributed by atoms with Crippen LogP contribution >= 0.6 is 23.1 Å². The Bertz CT molecular complexity index is 1350. The number of ether oxygens (including phenoxy) is 1. The first-order chi connectivity index (χ1) is 16.4. The number of methoxy groups -OCH3 is 1. The van der Waals surface area contributed by atoms with Crippen LogP contribution in [-0.2, 0) is 17.6 Å². The smallest absolute Gasteiger partial charge is 0.267 e. The fourth-order valence-electron chi connectivity index (χ4n) is 4.58. The highest BCUT2D eigenvalue weighted by atomic mass is 32.2. The van der Waals surface area contributed by atoms with Crippen LogP contribution in [-0.4, -0.2) is 33.9 Å². The van der Waals surface area contributed by atoms with Crippen LogP contribution in [0.2, 0.25) is 0 Å². The maximum absolute atomic E-state index is 13.8. The molecule has 1 saturated carbocycles. The predicted octanol–water partition coefficient (Wildman–Crippen LogP) is 4.24. The minimum Gasteiger partial charge on any atom is -0.497 e. The Balaban J connectivity index is 1.52. The first-order valence-corrected chi connectivity index (χ1v) is 13.3. The third-order valence-electron chi connectivity index (χ3n) is 6.65. The van der Waals surface area contributed by atoms with Gasteiger partial charge in [-0.25, -0.2) is 4.98 Å². The summed E-state index contributed by atoms with van der Waals surface area (Å²) in [6.07, 6.45) is 6.00. The Morgan fingerprint density at radius 2 is 2.06 bits per heavy atom. The van der Waals surface area contributed by atoms with Crippen molar-refractivity contribution >= 4 is 39.2 Å². The number of nitrogens with zero attached hydrogens (tertiary/aromatic N) is 3. The summed E-state index contributed by atoms with van der Waals surface area (Å²) in [6.45, 7) is 1.78. The summed E-state index contributed by atoms with van der Waals surface area (Å²) in [5.74, 6) is 0.740. The quantitative estimate of drug-likeness (QED) is 0.390. The van der Waals surface area contributed by atoms with E-state index in [-0.39, 0.29) is 23.1 Å². The molecule has 5 rings (SSSR count). The maximum atomic E-state index is 13.8. The van der Waals surface area contributed by atoms with E-state index in [4.69, 9.17) is 9.72 Å². The molecule has 2 heterocycles. The molecule has 9 heteroatoms. The Hall–Kier alpha value is -2.83. The monoisotopic (exact) mass is 494 g/mol. The summed E-state index contributed by atoms with van der Waals surface area (Å²) in [6, 6.07) is 9.54. The van der Waals surface area contributed by atoms with Gasteiger partial charge in [-0.3, -0.25) is 14.2 Å². The van der Waals surface area contributed by atoms with Gasteiger partial charge in [0, 0.05) is 4.88 Å². The van der Waals surface area contributed by atoms with Crippen molar-refractivity contribution in [2.24, 2.45) is 5.92 Å². The second-order valence-corrected chi connectivity index (χ2v) is 11.1. The number of hydrogen-bond acceptors (Lipinski definition) is 7. The number of aromatic nitrogens is 2. The van der Waals surface area contributed by atoms with Crippen molar-refractivity contribution in [2.75, 3.05) is 12.9 Å². The number of thiophene rings is 1. The van der Waals surface area contributed by atoms with Crippen LogP contribution in [0.3, 0.4) is 0 Å². The molecule has 0 saturated heterocycles. The van der Waals surface area contributed by atoms with Gasteiger partial charge in [0.15, 0.2) is 5.16 Å². The van der Waals surface area contributed by atoms with Crippen LogP contribution in [0.15, 0.2) is 34.2 Å². The van der Waals surface area contributed by atoms with E-state index >= 15 is 0 Å². The predicted molar refractivity (Wildman–Crippen MR) is 134 cm³/mol. The number of benzene rings is 1. The molecule has 0 aliphatic heterocycles. The summed E-state index contributed by atoms with van der Waals surface area (Å²) in [4.78, 5) is 33.4. The number of aryl methyl sites for hydroxylation is 2. The van der Waals surface area contributed by atoms with Gasteiger partial charge < -0.3 is 10.1 Å². The fourth-order valence-corrected chi connectivity index (χ4v) is 6.70. The molecule has 34 heavy (non-hydrogen) atoms. The van der Waals surface area contributed by atoms with Gasteiger partial charge in [0.05, 0.1) is 30.0 Å². The van der Waals surface area contributed by atoms with Crippen LogP contribution in [0.25, 0.3) is 15.9 Å². The summed E-state index contributed by atoms with van der Waals surface area (Å²) < 4.78 is 6.88. The molecule has 1 amide bonds. The fraction of sp³-hybridized carbons (Fsp3) is 0.440. The molecule has 1 fully saturated rings. The summed E-state index contributed by atoms with van der Waals surface area (Å²) in [7, 11) is 1.60. The number of carbonyl (C=O) groups excluding carboxylic acids is 1. The second-order valence-electron chi connectivity index (χ2n) is 9.05. The Morgan fingerprint density at radius 1 is 1.32 bits per heavy atom. The van der Waals surface area contributed by atoms with Crippen molar-refractivity contribution in [3.63, 3.8) is 0 Å². The molecule has 2 aromatic heterocycles. The van der Waals surface area contributed by atoms with Gasteiger partial charge >= 0.3 is 0 Å². The maximum Gasteiger partial charge on any atom is 0.267 e. The highest BCUT2D eigenvalue weighted by Gasteiger charge is 2.43. The van der Waals surface area contributed by atoms with E-state index in [0.717, 1.165) is 48.9 Å². The minimum absolute atomic E-state index is 0.0726. The third-order valence-corrected chi connectivity index (χ3v) is 8.77. The molecule has 3 aromatic rings. The van der Waals surface area contributed by atoms with Gasteiger partial charge in [0.1, 0.15) is 16.1 Å². The second kappa shape index (κ2) is 9.08. The van der Waals surface area contributed by atoms with E-state index < -0.39 is 5.54 Å². The van der Waals surface area contributed by atoms with Gasteiger partial charge in [-0.2, -0.15) is 5.26 Å². The number of thioether (sulfide) groups is 1. The average Bonchev–Trinajstić information content (AvgIpc) is 3.64. The third kappa shape index (κ3) is 4.21. The molecular formula is C25H26N4O3S2. The highest BCUT2D eigenvalue weighted by molar-refractivity contribution is 7.99. The van der Waals surface area contributed by atoms with Crippen LogP contribution in [0.4, 0.5) is 0 Å². The Kier molecular flexibility index (Phi) is 6.13. The molecule has 1 atom stereocenters. The standard InChI is InChI=1S/C25H26N4O3S2/c1-25(14-26,15-7-8-15)28-20(30)13-33-24-27-22-21(18-5-3-4-6-19(18)34-22)23(31)29(24)16-9-11-17(32-2)12-10-16/h9-12,15H,3-8,13H2,1-2H3,(H,28,30). The average molecular weight is 495 g/mol. The van der Waals surface area contributed by atoms with Crippen LogP contribution in [0.1, 0.15) is 43.0 Å². The number of fused-ring (bicyclic) bond motifs is 3.